The van der Waals surface area contributed by atoms with Crippen LogP contribution in [0, 0.1) is 16.7 Å². The summed E-state index contributed by atoms with van der Waals surface area (Å²) >= 11 is 0. The highest BCUT2D eigenvalue weighted by Crippen LogP contribution is 2.66. The van der Waals surface area contributed by atoms with Gasteiger partial charge in [0.2, 0.25) is 0 Å². The molecule has 1 aromatic carbocycles. The standard InChI is InChI=1S/C18H27N/c1-17(2)15-10-11-18(17,3)16(12-15)19(4)13-14-8-6-5-7-9-14/h5-9,15-16H,10-13H2,1-4H3/t15-,16-,18-/m1/s1. The number of benzene rings is 1. The van der Waals surface area contributed by atoms with E-state index in [0.29, 0.717) is 10.8 Å². The van der Waals surface area contributed by atoms with E-state index >= 15 is 0 Å². The molecule has 0 aromatic heterocycles. The fourth-order valence-electron chi connectivity index (χ4n) is 4.81. The van der Waals surface area contributed by atoms with Crippen molar-refractivity contribution in [2.45, 2.75) is 52.6 Å². The molecule has 0 amide bonds. The van der Waals surface area contributed by atoms with Crippen LogP contribution in [0.4, 0.5) is 0 Å². The summed E-state index contributed by atoms with van der Waals surface area (Å²) in [5.74, 6) is 0.931. The van der Waals surface area contributed by atoms with E-state index in [0.717, 1.165) is 18.5 Å². The zero-order valence-electron chi connectivity index (χ0n) is 12.8. The summed E-state index contributed by atoms with van der Waals surface area (Å²) in [6, 6.07) is 11.6. The van der Waals surface area contributed by atoms with Gasteiger partial charge in [-0.05, 0) is 48.6 Å². The molecule has 2 fully saturated rings. The largest absolute Gasteiger partial charge is 0.299 e. The highest BCUT2D eigenvalue weighted by atomic mass is 15.2. The molecular weight excluding hydrogens is 230 g/mol. The summed E-state index contributed by atoms with van der Waals surface area (Å²) < 4.78 is 0. The maximum Gasteiger partial charge on any atom is 0.0233 e. The van der Waals surface area contributed by atoms with Gasteiger partial charge < -0.3 is 0 Å². The first-order valence-electron chi connectivity index (χ1n) is 7.69. The predicted octanol–water partition coefficient (Wildman–Crippen LogP) is 4.33. The van der Waals surface area contributed by atoms with Crippen molar-refractivity contribution >= 4 is 0 Å². The van der Waals surface area contributed by atoms with Crippen molar-refractivity contribution in [1.29, 1.82) is 0 Å². The Bertz CT molecular complexity index is 450. The average Bonchev–Trinajstić information content (AvgIpc) is 2.72. The van der Waals surface area contributed by atoms with Gasteiger partial charge in [-0.3, -0.25) is 4.90 Å². The zero-order chi connectivity index (χ0) is 13.7. The Hall–Kier alpha value is -0.820. The van der Waals surface area contributed by atoms with Gasteiger partial charge in [0.25, 0.3) is 0 Å². The Morgan fingerprint density at radius 3 is 2.37 bits per heavy atom. The van der Waals surface area contributed by atoms with Crippen LogP contribution >= 0.6 is 0 Å². The lowest BCUT2D eigenvalue weighted by molar-refractivity contribution is 0.0541. The Balaban J connectivity index is 1.77. The van der Waals surface area contributed by atoms with Crippen LogP contribution in [-0.2, 0) is 6.54 Å². The van der Waals surface area contributed by atoms with E-state index in [4.69, 9.17) is 0 Å². The van der Waals surface area contributed by atoms with Crippen LogP contribution in [0.25, 0.3) is 0 Å². The van der Waals surface area contributed by atoms with Gasteiger partial charge in [0.15, 0.2) is 0 Å². The fraction of sp³-hybridized carbons (Fsp3) is 0.667. The van der Waals surface area contributed by atoms with Crippen LogP contribution in [0.3, 0.4) is 0 Å². The lowest BCUT2D eigenvalue weighted by atomic mass is 9.69. The van der Waals surface area contributed by atoms with Crippen molar-refractivity contribution in [2.75, 3.05) is 7.05 Å². The van der Waals surface area contributed by atoms with Gasteiger partial charge in [-0.2, -0.15) is 0 Å². The Labute approximate surface area is 118 Å². The number of hydrogen-bond acceptors (Lipinski definition) is 1. The molecule has 3 atom stereocenters. The molecule has 0 aliphatic heterocycles. The third-order valence-corrected chi connectivity index (χ3v) is 6.55. The molecule has 0 N–H and O–H groups in total. The molecule has 19 heavy (non-hydrogen) atoms. The summed E-state index contributed by atoms with van der Waals surface area (Å²) in [7, 11) is 2.32. The van der Waals surface area contributed by atoms with Gasteiger partial charge in [0, 0.05) is 12.6 Å². The first-order valence-corrected chi connectivity index (χ1v) is 7.69. The van der Waals surface area contributed by atoms with E-state index < -0.39 is 0 Å². The Morgan fingerprint density at radius 2 is 1.84 bits per heavy atom. The summed E-state index contributed by atoms with van der Waals surface area (Å²) in [6.07, 6.45) is 4.25. The molecule has 2 aliphatic rings. The topological polar surface area (TPSA) is 3.24 Å². The molecule has 1 nitrogen and oxygen atoms in total. The quantitative estimate of drug-likeness (QED) is 0.779. The van der Waals surface area contributed by atoms with E-state index in [-0.39, 0.29) is 0 Å². The monoisotopic (exact) mass is 257 g/mol. The smallest absolute Gasteiger partial charge is 0.0233 e. The van der Waals surface area contributed by atoms with Crippen molar-refractivity contribution in [1.82, 2.24) is 4.90 Å². The molecule has 2 saturated carbocycles. The third-order valence-electron chi connectivity index (χ3n) is 6.55. The maximum absolute atomic E-state index is 2.61. The molecular formula is C18H27N. The second-order valence-electron chi connectivity index (χ2n) is 7.53. The van der Waals surface area contributed by atoms with Crippen molar-refractivity contribution < 1.29 is 0 Å². The van der Waals surface area contributed by atoms with Crippen molar-refractivity contribution in [3.8, 4) is 0 Å². The molecule has 0 heterocycles. The van der Waals surface area contributed by atoms with Gasteiger partial charge in [-0.15, -0.1) is 0 Å². The van der Waals surface area contributed by atoms with Gasteiger partial charge in [-0.1, -0.05) is 51.1 Å². The first kappa shape index (κ1) is 13.2. The average molecular weight is 257 g/mol. The van der Waals surface area contributed by atoms with Crippen LogP contribution < -0.4 is 0 Å². The highest BCUT2D eigenvalue weighted by Gasteiger charge is 2.61. The summed E-state index contributed by atoms with van der Waals surface area (Å²) in [4.78, 5) is 2.61. The van der Waals surface area contributed by atoms with E-state index in [1.54, 1.807) is 0 Å². The minimum Gasteiger partial charge on any atom is -0.299 e. The zero-order valence-corrected chi connectivity index (χ0v) is 12.8. The first-order chi connectivity index (χ1) is 8.95. The van der Waals surface area contributed by atoms with Crippen LogP contribution in [0.5, 0.6) is 0 Å². The number of nitrogens with zero attached hydrogens (tertiary/aromatic N) is 1. The fourth-order valence-corrected chi connectivity index (χ4v) is 4.81. The van der Waals surface area contributed by atoms with Crippen LogP contribution in [0.2, 0.25) is 0 Å². The van der Waals surface area contributed by atoms with Gasteiger partial charge in [0.1, 0.15) is 0 Å². The van der Waals surface area contributed by atoms with Crippen LogP contribution in [-0.4, -0.2) is 18.0 Å². The Kier molecular flexibility index (Phi) is 3.01. The second-order valence-corrected chi connectivity index (χ2v) is 7.53. The number of rotatable bonds is 3. The lowest BCUT2D eigenvalue weighted by Crippen LogP contribution is -2.45. The van der Waals surface area contributed by atoms with Crippen LogP contribution in [0.15, 0.2) is 30.3 Å². The maximum atomic E-state index is 2.61. The molecule has 0 spiro atoms. The second kappa shape index (κ2) is 4.34. The van der Waals surface area contributed by atoms with Crippen molar-refractivity contribution in [2.24, 2.45) is 16.7 Å². The minimum atomic E-state index is 0.501. The molecule has 104 valence electrons. The van der Waals surface area contributed by atoms with E-state index in [1.165, 1.54) is 24.8 Å². The normalized spacial score (nSPS) is 36.1. The molecule has 2 aliphatic carbocycles. The molecule has 0 radical (unpaired) electrons. The van der Waals surface area contributed by atoms with Crippen LogP contribution in [0.1, 0.15) is 45.6 Å². The SMILES string of the molecule is CN(Cc1ccccc1)[C@@H]1C[C@H]2CC[C@@]1(C)C2(C)C. The summed E-state index contributed by atoms with van der Waals surface area (Å²) in [6.45, 7) is 8.62. The predicted molar refractivity (Wildman–Crippen MR) is 80.9 cm³/mol. The van der Waals surface area contributed by atoms with Crippen molar-refractivity contribution in [3.05, 3.63) is 35.9 Å². The minimum absolute atomic E-state index is 0.501. The molecule has 0 unspecified atom stereocenters. The molecule has 2 bridgehead atoms. The summed E-state index contributed by atoms with van der Waals surface area (Å²) in [5, 5.41) is 0. The molecule has 1 aromatic rings. The molecule has 1 heteroatoms. The number of fused-ring (bicyclic) bond motifs is 2. The van der Waals surface area contributed by atoms with E-state index in [9.17, 15) is 0 Å². The third kappa shape index (κ3) is 1.86. The van der Waals surface area contributed by atoms with Gasteiger partial charge >= 0.3 is 0 Å². The van der Waals surface area contributed by atoms with Gasteiger partial charge in [-0.25, -0.2) is 0 Å². The van der Waals surface area contributed by atoms with Gasteiger partial charge in [0.05, 0.1) is 0 Å². The lowest BCUT2D eigenvalue weighted by Gasteiger charge is -2.43. The molecule has 3 rings (SSSR count). The highest BCUT2D eigenvalue weighted by molar-refractivity contribution is 5.17. The summed E-state index contributed by atoms with van der Waals surface area (Å²) in [5.41, 5.74) is 2.46. The van der Waals surface area contributed by atoms with E-state index in [2.05, 4.69) is 63.1 Å². The number of hydrogen-bond donors (Lipinski definition) is 0. The van der Waals surface area contributed by atoms with E-state index in [1.807, 2.05) is 0 Å². The molecule has 0 saturated heterocycles. The Morgan fingerprint density at radius 1 is 1.16 bits per heavy atom. The van der Waals surface area contributed by atoms with Crippen molar-refractivity contribution in [3.63, 3.8) is 0 Å².